The lowest BCUT2D eigenvalue weighted by atomic mass is 9.86. The summed E-state index contributed by atoms with van der Waals surface area (Å²) in [7, 11) is 1.35. The lowest BCUT2D eigenvalue weighted by Gasteiger charge is -2.43. The molecule has 7 nitrogen and oxygen atoms in total. The minimum atomic E-state index is -0.682. The largest absolute Gasteiger partial charge is 0.489 e. The maximum Gasteiger partial charge on any atom is 0.337 e. The smallest absolute Gasteiger partial charge is 0.337 e. The van der Waals surface area contributed by atoms with Crippen molar-refractivity contribution in [3.63, 3.8) is 0 Å². The number of likely N-dealkylation sites (tertiary alicyclic amines) is 1. The van der Waals surface area contributed by atoms with Gasteiger partial charge in [-0.3, -0.25) is 9.69 Å². The first-order valence-corrected chi connectivity index (χ1v) is 11.7. The van der Waals surface area contributed by atoms with Crippen molar-refractivity contribution in [2.24, 2.45) is 0 Å². The molecule has 34 heavy (non-hydrogen) atoms. The lowest BCUT2D eigenvalue weighted by Crippen LogP contribution is -2.61. The molecule has 0 spiro atoms. The molecule has 2 saturated heterocycles. The number of amides is 1. The van der Waals surface area contributed by atoms with Crippen LogP contribution in [0.3, 0.4) is 0 Å². The SMILES string of the molecule is COC(=O)c1ccc(C(C)NC(=O)C2(N3CC[C@@H](Oc4cccc(F)c4)C3)CCOCC2)cc1. The van der Waals surface area contributed by atoms with Crippen LogP contribution in [-0.4, -0.2) is 61.8 Å². The molecule has 4 rings (SSSR count). The number of halogens is 1. The molecule has 2 fully saturated rings. The van der Waals surface area contributed by atoms with Crippen LogP contribution in [0.2, 0.25) is 0 Å². The van der Waals surface area contributed by atoms with Gasteiger partial charge >= 0.3 is 5.97 Å². The van der Waals surface area contributed by atoms with Crippen molar-refractivity contribution in [2.45, 2.75) is 43.9 Å². The van der Waals surface area contributed by atoms with Gasteiger partial charge in [0.05, 0.1) is 18.7 Å². The number of rotatable bonds is 7. The van der Waals surface area contributed by atoms with Gasteiger partial charge in [-0.1, -0.05) is 18.2 Å². The fourth-order valence-corrected chi connectivity index (χ4v) is 4.78. The average molecular weight is 471 g/mol. The van der Waals surface area contributed by atoms with Crippen molar-refractivity contribution < 1.29 is 28.2 Å². The Labute approximate surface area is 199 Å². The molecule has 2 heterocycles. The quantitative estimate of drug-likeness (QED) is 0.625. The molecule has 0 aromatic heterocycles. The standard InChI is InChI=1S/C26H31FN2O5/c1-18(19-6-8-20(9-7-19)24(30)32-2)28-25(31)26(11-14-33-15-12-26)29-13-10-23(17-29)34-22-5-3-4-21(27)16-22/h3-9,16,18,23H,10-15,17H2,1-2H3,(H,28,31)/t18?,23-/m1/s1. The van der Waals surface area contributed by atoms with E-state index < -0.39 is 11.5 Å². The predicted octanol–water partition coefficient (Wildman–Crippen LogP) is 3.49. The Kier molecular flexibility index (Phi) is 7.48. The number of ether oxygens (including phenoxy) is 3. The second kappa shape index (κ2) is 10.5. The number of nitrogens with one attached hydrogen (secondary N) is 1. The fraction of sp³-hybridized carbons (Fsp3) is 0.462. The van der Waals surface area contributed by atoms with E-state index in [2.05, 4.69) is 10.2 Å². The van der Waals surface area contributed by atoms with E-state index in [-0.39, 0.29) is 23.9 Å². The van der Waals surface area contributed by atoms with Crippen molar-refractivity contribution in [2.75, 3.05) is 33.4 Å². The fourth-order valence-electron chi connectivity index (χ4n) is 4.78. The molecule has 0 aliphatic carbocycles. The summed E-state index contributed by atoms with van der Waals surface area (Å²) in [5, 5.41) is 3.18. The Morgan fingerprint density at radius 3 is 2.59 bits per heavy atom. The van der Waals surface area contributed by atoms with Gasteiger partial charge in [0.15, 0.2) is 0 Å². The molecule has 0 bridgehead atoms. The van der Waals surface area contributed by atoms with E-state index in [0.29, 0.717) is 43.9 Å². The molecule has 2 aliphatic heterocycles. The zero-order valence-electron chi connectivity index (χ0n) is 19.6. The first kappa shape index (κ1) is 24.2. The van der Waals surface area contributed by atoms with Crippen molar-refractivity contribution >= 4 is 11.9 Å². The van der Waals surface area contributed by atoms with Crippen LogP contribution in [0, 0.1) is 5.82 Å². The van der Waals surface area contributed by atoms with E-state index in [1.807, 2.05) is 19.1 Å². The van der Waals surface area contributed by atoms with Gasteiger partial charge < -0.3 is 19.5 Å². The highest BCUT2D eigenvalue weighted by Gasteiger charge is 2.48. The van der Waals surface area contributed by atoms with Crippen LogP contribution in [0.4, 0.5) is 4.39 Å². The van der Waals surface area contributed by atoms with Crippen LogP contribution in [-0.2, 0) is 14.3 Å². The van der Waals surface area contributed by atoms with E-state index in [4.69, 9.17) is 14.2 Å². The zero-order valence-corrected chi connectivity index (χ0v) is 19.6. The van der Waals surface area contributed by atoms with Crippen molar-refractivity contribution in [3.05, 3.63) is 65.5 Å². The third-order valence-corrected chi connectivity index (χ3v) is 6.77. The molecule has 2 aliphatic rings. The van der Waals surface area contributed by atoms with Gasteiger partial charge in [-0.25, -0.2) is 9.18 Å². The summed E-state index contributed by atoms with van der Waals surface area (Å²) in [5.41, 5.74) is 0.683. The number of esters is 1. The normalized spacial score (nSPS) is 21.0. The van der Waals surface area contributed by atoms with Crippen LogP contribution < -0.4 is 10.1 Å². The van der Waals surface area contributed by atoms with E-state index in [1.54, 1.807) is 24.3 Å². The van der Waals surface area contributed by atoms with Crippen LogP contribution in [0.15, 0.2) is 48.5 Å². The summed E-state index contributed by atoms with van der Waals surface area (Å²) in [6.45, 7) is 4.27. The maximum absolute atomic E-state index is 13.6. The van der Waals surface area contributed by atoms with Crippen LogP contribution in [0.5, 0.6) is 5.75 Å². The number of carbonyl (C=O) groups is 2. The van der Waals surface area contributed by atoms with Gasteiger partial charge in [0.2, 0.25) is 5.91 Å². The Hall–Kier alpha value is -2.97. The van der Waals surface area contributed by atoms with Gasteiger partial charge in [0.25, 0.3) is 0 Å². The molecule has 8 heteroatoms. The summed E-state index contributed by atoms with van der Waals surface area (Å²) in [6.07, 6.45) is 1.84. The Morgan fingerprint density at radius 2 is 1.91 bits per heavy atom. The van der Waals surface area contributed by atoms with Crippen LogP contribution in [0.1, 0.15) is 48.1 Å². The van der Waals surface area contributed by atoms with E-state index >= 15 is 0 Å². The minimum Gasteiger partial charge on any atom is -0.489 e. The first-order chi connectivity index (χ1) is 16.4. The van der Waals surface area contributed by atoms with E-state index in [0.717, 1.165) is 18.5 Å². The zero-order chi connectivity index (χ0) is 24.1. The molecular formula is C26H31FN2O5. The molecule has 182 valence electrons. The summed E-state index contributed by atoms with van der Waals surface area (Å²) in [5.74, 6) is -0.261. The van der Waals surface area contributed by atoms with Crippen LogP contribution >= 0.6 is 0 Å². The lowest BCUT2D eigenvalue weighted by molar-refractivity contribution is -0.140. The monoisotopic (exact) mass is 470 g/mol. The van der Waals surface area contributed by atoms with Gasteiger partial charge in [-0.15, -0.1) is 0 Å². The maximum atomic E-state index is 13.6. The van der Waals surface area contributed by atoms with E-state index in [9.17, 15) is 14.0 Å². The summed E-state index contributed by atoms with van der Waals surface area (Å²) < 4.78 is 29.9. The molecule has 1 N–H and O–H groups in total. The summed E-state index contributed by atoms with van der Waals surface area (Å²) in [6, 6.07) is 13.0. The molecular weight excluding hydrogens is 439 g/mol. The Bertz CT molecular complexity index is 1010. The first-order valence-electron chi connectivity index (χ1n) is 11.7. The van der Waals surface area contributed by atoms with E-state index in [1.165, 1.54) is 19.2 Å². The second-order valence-corrected chi connectivity index (χ2v) is 8.88. The summed E-state index contributed by atoms with van der Waals surface area (Å²) >= 11 is 0. The number of hydrogen-bond donors (Lipinski definition) is 1. The highest BCUT2D eigenvalue weighted by atomic mass is 19.1. The number of hydrogen-bond acceptors (Lipinski definition) is 6. The molecule has 0 saturated carbocycles. The molecule has 1 unspecified atom stereocenters. The Morgan fingerprint density at radius 1 is 1.18 bits per heavy atom. The van der Waals surface area contributed by atoms with Gasteiger partial charge in [0, 0.05) is 32.4 Å². The molecule has 2 aromatic rings. The minimum absolute atomic E-state index is 0.0354. The number of carbonyl (C=O) groups excluding carboxylic acids is 2. The van der Waals surface area contributed by atoms with Crippen molar-refractivity contribution in [3.8, 4) is 5.75 Å². The third kappa shape index (κ3) is 5.23. The van der Waals surface area contributed by atoms with Crippen molar-refractivity contribution in [1.82, 2.24) is 10.2 Å². The number of benzene rings is 2. The van der Waals surface area contributed by atoms with Crippen molar-refractivity contribution in [1.29, 1.82) is 0 Å². The average Bonchev–Trinajstić information content (AvgIpc) is 3.33. The van der Waals surface area contributed by atoms with Gasteiger partial charge in [-0.2, -0.15) is 0 Å². The molecule has 2 aromatic carbocycles. The van der Waals surface area contributed by atoms with Gasteiger partial charge in [0.1, 0.15) is 23.2 Å². The predicted molar refractivity (Wildman–Crippen MR) is 124 cm³/mol. The Balaban J connectivity index is 1.44. The van der Waals surface area contributed by atoms with Gasteiger partial charge in [-0.05, 0) is 56.0 Å². The highest BCUT2D eigenvalue weighted by Crippen LogP contribution is 2.33. The number of nitrogens with zero attached hydrogens (tertiary/aromatic N) is 1. The highest BCUT2D eigenvalue weighted by molar-refractivity contribution is 5.89. The molecule has 0 radical (unpaired) electrons. The summed E-state index contributed by atoms with van der Waals surface area (Å²) in [4.78, 5) is 27.5. The van der Waals surface area contributed by atoms with Crippen LogP contribution in [0.25, 0.3) is 0 Å². The topological polar surface area (TPSA) is 77.1 Å². The number of methoxy groups -OCH3 is 1. The third-order valence-electron chi connectivity index (χ3n) is 6.77. The molecule has 1 amide bonds. The second-order valence-electron chi connectivity index (χ2n) is 8.88. The molecule has 2 atom stereocenters.